The first-order valence-electron chi connectivity index (χ1n) is 5.78. The number of ether oxygens (including phenoxy) is 2. The van der Waals surface area contributed by atoms with Gasteiger partial charge < -0.3 is 9.47 Å². The molecular weight excluding hydrogens is 359 g/mol. The van der Waals surface area contributed by atoms with Crippen molar-refractivity contribution < 1.29 is 14.3 Å². The molecule has 0 saturated heterocycles. The summed E-state index contributed by atoms with van der Waals surface area (Å²) >= 11 is 2.08. The molecule has 0 unspecified atom stereocenters. The zero-order chi connectivity index (χ0) is 14.2. The Balaban J connectivity index is 2.54. The Labute approximate surface area is 125 Å². The molecule has 0 aliphatic carbocycles. The van der Waals surface area contributed by atoms with Crippen LogP contribution in [0.2, 0.25) is 0 Å². The van der Waals surface area contributed by atoms with E-state index in [4.69, 9.17) is 9.47 Å². The smallest absolute Gasteiger partial charge is 0.435 e. The number of benzene rings is 1. The van der Waals surface area contributed by atoms with E-state index in [2.05, 4.69) is 27.7 Å². The largest absolute Gasteiger partial charge is 0.496 e. The van der Waals surface area contributed by atoms with Crippen molar-refractivity contribution in [2.75, 3.05) is 7.11 Å². The van der Waals surface area contributed by atoms with Crippen molar-refractivity contribution in [1.82, 2.24) is 9.78 Å². The summed E-state index contributed by atoms with van der Waals surface area (Å²) in [4.78, 5) is 12.1. The monoisotopic (exact) mass is 374 g/mol. The summed E-state index contributed by atoms with van der Waals surface area (Å²) in [5.41, 5.74) is 0.123. The molecule has 1 heterocycles. The van der Waals surface area contributed by atoms with Crippen LogP contribution in [0.1, 0.15) is 20.8 Å². The summed E-state index contributed by atoms with van der Waals surface area (Å²) in [6.07, 6.45) is -0.492. The van der Waals surface area contributed by atoms with E-state index in [9.17, 15) is 4.79 Å². The number of halogens is 1. The number of nitrogens with zero attached hydrogens (tertiary/aromatic N) is 2. The van der Waals surface area contributed by atoms with Crippen molar-refractivity contribution in [3.8, 4) is 5.75 Å². The van der Waals surface area contributed by atoms with Gasteiger partial charge in [0.05, 0.1) is 18.0 Å². The van der Waals surface area contributed by atoms with Crippen molar-refractivity contribution in [3.63, 3.8) is 0 Å². The van der Waals surface area contributed by atoms with Crippen LogP contribution >= 0.6 is 22.6 Å². The van der Waals surface area contributed by atoms with E-state index >= 15 is 0 Å². The summed E-state index contributed by atoms with van der Waals surface area (Å²) in [5, 5.41) is 5.05. The number of rotatable bonds is 1. The second kappa shape index (κ2) is 4.99. The number of carbonyl (C=O) groups is 1. The SMILES string of the molecule is COc1cccc2c1c(I)nn2C(=O)OC(C)(C)C. The molecular formula is C13H15IN2O3. The van der Waals surface area contributed by atoms with Crippen LogP contribution in [0.4, 0.5) is 4.79 Å². The zero-order valence-electron chi connectivity index (χ0n) is 11.2. The minimum Gasteiger partial charge on any atom is -0.496 e. The molecule has 1 aromatic heterocycles. The van der Waals surface area contributed by atoms with Crippen molar-refractivity contribution in [1.29, 1.82) is 0 Å². The number of hydrogen-bond donors (Lipinski definition) is 0. The van der Waals surface area contributed by atoms with Gasteiger partial charge >= 0.3 is 6.09 Å². The molecule has 0 saturated carbocycles. The molecule has 2 aromatic rings. The van der Waals surface area contributed by atoms with E-state index in [0.717, 1.165) is 5.39 Å². The van der Waals surface area contributed by atoms with Gasteiger partial charge in [-0.1, -0.05) is 6.07 Å². The molecule has 0 radical (unpaired) electrons. The third-order valence-corrected chi connectivity index (χ3v) is 3.17. The van der Waals surface area contributed by atoms with Crippen molar-refractivity contribution in [3.05, 3.63) is 21.9 Å². The van der Waals surface area contributed by atoms with Gasteiger partial charge in [-0.15, -0.1) is 0 Å². The van der Waals surface area contributed by atoms with E-state index in [1.165, 1.54) is 4.68 Å². The molecule has 0 N–H and O–H groups in total. The van der Waals surface area contributed by atoms with Gasteiger partial charge in [0.15, 0.2) is 0 Å². The maximum absolute atomic E-state index is 12.1. The van der Waals surface area contributed by atoms with Crippen LogP contribution in [-0.2, 0) is 4.74 Å². The fraction of sp³-hybridized carbons (Fsp3) is 0.385. The molecule has 5 nitrogen and oxygen atoms in total. The van der Waals surface area contributed by atoms with Gasteiger partial charge in [-0.3, -0.25) is 0 Å². The van der Waals surface area contributed by atoms with Crippen LogP contribution < -0.4 is 4.74 Å². The van der Waals surface area contributed by atoms with Crippen LogP contribution in [0, 0.1) is 3.70 Å². The molecule has 0 bridgehead atoms. The molecule has 0 atom stereocenters. The number of fused-ring (bicyclic) bond motifs is 1. The van der Waals surface area contributed by atoms with Gasteiger partial charge in [0.2, 0.25) is 0 Å². The third-order valence-electron chi connectivity index (χ3n) is 2.41. The lowest BCUT2D eigenvalue weighted by molar-refractivity contribution is 0.0522. The summed E-state index contributed by atoms with van der Waals surface area (Å²) in [5.74, 6) is 0.691. The zero-order valence-corrected chi connectivity index (χ0v) is 13.4. The quantitative estimate of drug-likeness (QED) is 0.718. The van der Waals surface area contributed by atoms with Crippen LogP contribution in [-0.4, -0.2) is 28.6 Å². The molecule has 6 heteroatoms. The summed E-state index contributed by atoms with van der Waals surface area (Å²) in [6.45, 7) is 5.46. The third kappa shape index (κ3) is 2.83. The normalized spacial score (nSPS) is 11.6. The van der Waals surface area contributed by atoms with E-state index < -0.39 is 11.7 Å². The van der Waals surface area contributed by atoms with Gasteiger partial charge in [0.1, 0.15) is 15.1 Å². The lowest BCUT2D eigenvalue weighted by Crippen LogP contribution is -2.27. The highest BCUT2D eigenvalue weighted by Gasteiger charge is 2.22. The molecule has 2 rings (SSSR count). The minimum absolute atomic E-state index is 0.492. The van der Waals surface area contributed by atoms with E-state index in [0.29, 0.717) is 15.0 Å². The van der Waals surface area contributed by atoms with E-state index in [-0.39, 0.29) is 0 Å². The molecule has 0 amide bonds. The van der Waals surface area contributed by atoms with Crippen molar-refractivity contribution in [2.45, 2.75) is 26.4 Å². The predicted molar refractivity (Wildman–Crippen MR) is 80.6 cm³/mol. The first-order chi connectivity index (χ1) is 8.83. The van der Waals surface area contributed by atoms with Gasteiger partial charge in [-0.05, 0) is 55.5 Å². The lowest BCUT2D eigenvalue weighted by Gasteiger charge is -2.19. The lowest BCUT2D eigenvalue weighted by atomic mass is 10.2. The average molecular weight is 374 g/mol. The maximum atomic E-state index is 12.1. The fourth-order valence-electron chi connectivity index (χ4n) is 1.71. The number of hydrogen-bond acceptors (Lipinski definition) is 4. The first-order valence-corrected chi connectivity index (χ1v) is 6.86. The molecule has 0 spiro atoms. The highest BCUT2D eigenvalue weighted by atomic mass is 127. The molecule has 0 fully saturated rings. The average Bonchev–Trinajstić information content (AvgIpc) is 2.65. The Hall–Kier alpha value is -1.31. The number of carbonyl (C=O) groups excluding carboxylic acids is 1. The highest BCUT2D eigenvalue weighted by molar-refractivity contribution is 14.1. The Bertz CT molecular complexity index is 629. The predicted octanol–water partition coefficient (Wildman–Crippen LogP) is 3.43. The number of aromatic nitrogens is 2. The Morgan fingerprint density at radius 2 is 2.05 bits per heavy atom. The Kier molecular flexibility index (Phi) is 3.71. The summed E-state index contributed by atoms with van der Waals surface area (Å²) in [7, 11) is 1.59. The first kappa shape index (κ1) is 14.1. The molecule has 19 heavy (non-hydrogen) atoms. The van der Waals surface area contributed by atoms with Gasteiger partial charge in [0, 0.05) is 0 Å². The minimum atomic E-state index is -0.556. The second-order valence-corrected chi connectivity index (χ2v) is 6.06. The fourth-order valence-corrected chi connectivity index (χ4v) is 2.47. The summed E-state index contributed by atoms with van der Waals surface area (Å²) in [6, 6.07) is 5.47. The standard InChI is InChI=1S/C13H15IN2O3/c1-13(2,3)19-12(17)16-8-6-5-7-9(18-4)10(8)11(14)15-16/h5-7H,1-4H3. The van der Waals surface area contributed by atoms with E-state index in [1.54, 1.807) is 7.11 Å². The second-order valence-electron chi connectivity index (χ2n) is 5.04. The van der Waals surface area contributed by atoms with Crippen LogP contribution in [0.5, 0.6) is 5.75 Å². The van der Waals surface area contributed by atoms with Gasteiger partial charge in [-0.2, -0.15) is 9.78 Å². The van der Waals surface area contributed by atoms with Crippen LogP contribution in [0.25, 0.3) is 10.9 Å². The summed E-state index contributed by atoms with van der Waals surface area (Å²) < 4.78 is 12.6. The topological polar surface area (TPSA) is 53.4 Å². The molecule has 0 aliphatic rings. The maximum Gasteiger partial charge on any atom is 0.435 e. The van der Waals surface area contributed by atoms with Crippen molar-refractivity contribution in [2.24, 2.45) is 0 Å². The molecule has 0 aliphatic heterocycles. The van der Waals surface area contributed by atoms with Crippen LogP contribution in [0.3, 0.4) is 0 Å². The van der Waals surface area contributed by atoms with Gasteiger partial charge in [-0.25, -0.2) is 4.79 Å². The molecule has 1 aromatic carbocycles. The Morgan fingerprint density at radius 3 is 2.63 bits per heavy atom. The van der Waals surface area contributed by atoms with Gasteiger partial charge in [0.25, 0.3) is 0 Å². The molecule has 102 valence electrons. The van der Waals surface area contributed by atoms with Crippen LogP contribution in [0.15, 0.2) is 18.2 Å². The van der Waals surface area contributed by atoms with E-state index in [1.807, 2.05) is 39.0 Å². The Morgan fingerprint density at radius 1 is 1.37 bits per heavy atom. The number of methoxy groups -OCH3 is 1. The highest BCUT2D eigenvalue weighted by Crippen LogP contribution is 2.29. The van der Waals surface area contributed by atoms with Crippen molar-refractivity contribution >= 4 is 39.6 Å².